The Hall–Kier alpha value is -3.04. The molecule has 1 amide bonds. The lowest BCUT2D eigenvalue weighted by Gasteiger charge is -2.15. The fourth-order valence-electron chi connectivity index (χ4n) is 2.95. The van der Waals surface area contributed by atoms with Crippen LogP contribution in [0.2, 0.25) is 0 Å². The standard InChI is InChI=1S/C20H22N4O4S/c1-14-7-6-9-16-19(14)22-13-24(20(16)26)12-18(25)21-11-15-8-4-5-10-17(15)29(27,28)23(2)3/h4-10,13H,11-12H2,1-3H3,(H,21,25). The third kappa shape index (κ3) is 4.20. The maximum Gasteiger partial charge on any atom is 0.261 e. The zero-order chi connectivity index (χ0) is 21.2. The molecule has 9 heteroatoms. The van der Waals surface area contributed by atoms with Gasteiger partial charge in [0.2, 0.25) is 15.9 Å². The SMILES string of the molecule is Cc1cccc2c(=O)n(CC(=O)NCc3ccccc3S(=O)(=O)N(C)C)cnc12. The fraction of sp³-hybridized carbons (Fsp3) is 0.250. The van der Waals surface area contributed by atoms with Crippen molar-refractivity contribution < 1.29 is 13.2 Å². The van der Waals surface area contributed by atoms with E-state index in [4.69, 9.17) is 0 Å². The van der Waals surface area contributed by atoms with Gasteiger partial charge in [0.15, 0.2) is 0 Å². The number of sulfonamides is 1. The van der Waals surface area contributed by atoms with Crippen LogP contribution in [0.15, 0.2) is 58.5 Å². The number of nitrogens with zero attached hydrogens (tertiary/aromatic N) is 3. The van der Waals surface area contributed by atoms with E-state index in [1.54, 1.807) is 30.3 Å². The molecule has 152 valence electrons. The van der Waals surface area contributed by atoms with Crippen LogP contribution < -0.4 is 10.9 Å². The highest BCUT2D eigenvalue weighted by Gasteiger charge is 2.21. The molecule has 1 aromatic heterocycles. The van der Waals surface area contributed by atoms with E-state index in [1.165, 1.54) is 31.1 Å². The van der Waals surface area contributed by atoms with E-state index in [9.17, 15) is 18.0 Å². The van der Waals surface area contributed by atoms with Crippen LogP contribution in [0.25, 0.3) is 10.9 Å². The molecule has 0 unspecified atom stereocenters. The summed E-state index contributed by atoms with van der Waals surface area (Å²) in [5.74, 6) is -0.419. The zero-order valence-corrected chi connectivity index (χ0v) is 17.2. The van der Waals surface area contributed by atoms with Gasteiger partial charge in [-0.3, -0.25) is 14.2 Å². The molecule has 8 nitrogen and oxygen atoms in total. The van der Waals surface area contributed by atoms with Gasteiger partial charge in [0.25, 0.3) is 5.56 Å². The molecule has 1 N–H and O–H groups in total. The number of amides is 1. The van der Waals surface area contributed by atoms with E-state index in [2.05, 4.69) is 10.3 Å². The van der Waals surface area contributed by atoms with E-state index in [-0.39, 0.29) is 23.5 Å². The molecule has 0 radical (unpaired) electrons. The molecule has 0 atom stereocenters. The molecule has 0 aliphatic carbocycles. The molecule has 2 aromatic carbocycles. The molecule has 29 heavy (non-hydrogen) atoms. The Morgan fingerprint density at radius 1 is 1.14 bits per heavy atom. The number of aromatic nitrogens is 2. The van der Waals surface area contributed by atoms with Crippen molar-refractivity contribution in [3.63, 3.8) is 0 Å². The maximum absolute atomic E-state index is 12.6. The van der Waals surface area contributed by atoms with Gasteiger partial charge in [-0.1, -0.05) is 30.3 Å². The maximum atomic E-state index is 12.6. The van der Waals surface area contributed by atoms with Gasteiger partial charge in [-0.2, -0.15) is 0 Å². The van der Waals surface area contributed by atoms with Gasteiger partial charge in [0.1, 0.15) is 6.54 Å². The summed E-state index contributed by atoms with van der Waals surface area (Å²) in [4.78, 5) is 29.4. The van der Waals surface area contributed by atoms with Crippen LogP contribution in [0, 0.1) is 6.92 Å². The first-order valence-electron chi connectivity index (χ1n) is 8.93. The van der Waals surface area contributed by atoms with Gasteiger partial charge in [0, 0.05) is 20.6 Å². The Labute approximate surface area is 168 Å². The highest BCUT2D eigenvalue weighted by Crippen LogP contribution is 2.18. The summed E-state index contributed by atoms with van der Waals surface area (Å²) in [7, 11) is -0.733. The first-order valence-corrected chi connectivity index (χ1v) is 10.4. The van der Waals surface area contributed by atoms with Gasteiger partial charge in [0.05, 0.1) is 22.1 Å². The Bertz CT molecular complexity index is 1230. The molecule has 0 spiro atoms. The summed E-state index contributed by atoms with van der Waals surface area (Å²) in [5.41, 5.74) is 1.66. The summed E-state index contributed by atoms with van der Waals surface area (Å²) < 4.78 is 27.2. The first-order chi connectivity index (χ1) is 13.7. The van der Waals surface area contributed by atoms with Crippen molar-refractivity contribution in [2.24, 2.45) is 0 Å². The Morgan fingerprint density at radius 3 is 2.59 bits per heavy atom. The largest absolute Gasteiger partial charge is 0.350 e. The molecule has 0 aliphatic heterocycles. The van der Waals surface area contributed by atoms with Gasteiger partial charge in [-0.05, 0) is 30.2 Å². The Balaban J connectivity index is 1.78. The number of nitrogens with one attached hydrogen (secondary N) is 1. The number of para-hydroxylation sites is 1. The first kappa shape index (κ1) is 20.7. The summed E-state index contributed by atoms with van der Waals surface area (Å²) in [6, 6.07) is 11.8. The van der Waals surface area contributed by atoms with Crippen molar-refractivity contribution in [1.29, 1.82) is 0 Å². The minimum atomic E-state index is -3.63. The molecule has 0 saturated carbocycles. The summed E-state index contributed by atoms with van der Waals surface area (Å²) >= 11 is 0. The van der Waals surface area contributed by atoms with Gasteiger partial charge < -0.3 is 5.32 Å². The van der Waals surface area contributed by atoms with Crippen molar-refractivity contribution >= 4 is 26.8 Å². The molecule has 0 bridgehead atoms. The van der Waals surface area contributed by atoms with Gasteiger partial charge >= 0.3 is 0 Å². The monoisotopic (exact) mass is 414 g/mol. The average molecular weight is 414 g/mol. The summed E-state index contributed by atoms with van der Waals surface area (Å²) in [5, 5.41) is 3.12. The number of rotatable bonds is 6. The second kappa shape index (κ2) is 8.14. The second-order valence-corrected chi connectivity index (χ2v) is 8.94. The van der Waals surface area contributed by atoms with E-state index >= 15 is 0 Å². The molecule has 0 aliphatic rings. The lowest BCUT2D eigenvalue weighted by Crippen LogP contribution is -2.33. The lowest BCUT2D eigenvalue weighted by atomic mass is 10.1. The number of carbonyl (C=O) groups excluding carboxylic acids is 1. The van der Waals surface area contributed by atoms with Crippen molar-refractivity contribution in [3.8, 4) is 0 Å². The molecule has 3 aromatic rings. The third-order valence-electron chi connectivity index (χ3n) is 4.58. The van der Waals surface area contributed by atoms with Crippen LogP contribution in [-0.4, -0.2) is 42.3 Å². The topological polar surface area (TPSA) is 101 Å². The predicted molar refractivity (Wildman–Crippen MR) is 110 cm³/mol. The van der Waals surface area contributed by atoms with Gasteiger partial charge in [-0.25, -0.2) is 17.7 Å². The van der Waals surface area contributed by atoms with E-state index in [1.807, 2.05) is 13.0 Å². The number of aryl methyl sites for hydroxylation is 1. The third-order valence-corrected chi connectivity index (χ3v) is 6.49. The number of carbonyl (C=O) groups is 1. The summed E-state index contributed by atoms with van der Waals surface area (Å²) in [6.07, 6.45) is 1.35. The normalized spacial score (nSPS) is 11.7. The molecule has 3 rings (SSSR count). The molecular weight excluding hydrogens is 392 g/mol. The molecule has 0 fully saturated rings. The van der Waals surface area contributed by atoms with Crippen LogP contribution in [0.5, 0.6) is 0 Å². The van der Waals surface area contributed by atoms with Crippen molar-refractivity contribution in [1.82, 2.24) is 19.2 Å². The quantitative estimate of drug-likeness (QED) is 0.655. The van der Waals surface area contributed by atoms with Crippen molar-refractivity contribution in [2.45, 2.75) is 24.9 Å². The minimum Gasteiger partial charge on any atom is -0.350 e. The van der Waals surface area contributed by atoms with Gasteiger partial charge in [-0.15, -0.1) is 0 Å². The van der Waals surface area contributed by atoms with Crippen LogP contribution >= 0.6 is 0 Å². The number of benzene rings is 2. The average Bonchev–Trinajstić information content (AvgIpc) is 2.69. The predicted octanol–water partition coefficient (Wildman–Crippen LogP) is 1.27. The minimum absolute atomic E-state index is 0.0247. The van der Waals surface area contributed by atoms with E-state index in [0.717, 1.165) is 9.87 Å². The molecule has 1 heterocycles. The number of fused-ring (bicyclic) bond motifs is 1. The second-order valence-electron chi connectivity index (χ2n) is 6.82. The van der Waals surface area contributed by atoms with Crippen molar-refractivity contribution in [2.75, 3.05) is 14.1 Å². The van der Waals surface area contributed by atoms with Crippen LogP contribution in [0.1, 0.15) is 11.1 Å². The molecular formula is C20H22N4O4S. The number of hydrogen-bond acceptors (Lipinski definition) is 5. The highest BCUT2D eigenvalue weighted by molar-refractivity contribution is 7.89. The summed E-state index contributed by atoms with van der Waals surface area (Å²) in [6.45, 7) is 1.68. The zero-order valence-electron chi connectivity index (χ0n) is 16.4. The Morgan fingerprint density at radius 2 is 1.86 bits per heavy atom. The fourth-order valence-corrected chi connectivity index (χ4v) is 4.07. The van der Waals surface area contributed by atoms with Crippen molar-refractivity contribution in [3.05, 3.63) is 70.3 Å². The molecule has 0 saturated heterocycles. The lowest BCUT2D eigenvalue weighted by molar-refractivity contribution is -0.121. The highest BCUT2D eigenvalue weighted by atomic mass is 32.2. The van der Waals surface area contributed by atoms with E-state index in [0.29, 0.717) is 16.5 Å². The van der Waals surface area contributed by atoms with Crippen LogP contribution in [0.3, 0.4) is 0 Å². The smallest absolute Gasteiger partial charge is 0.261 e. The van der Waals surface area contributed by atoms with Crippen LogP contribution in [-0.2, 0) is 27.9 Å². The van der Waals surface area contributed by atoms with E-state index < -0.39 is 15.9 Å². The Kier molecular flexibility index (Phi) is 5.81. The number of hydrogen-bond donors (Lipinski definition) is 1. The van der Waals surface area contributed by atoms with Crippen LogP contribution in [0.4, 0.5) is 0 Å².